The fourth-order valence-electron chi connectivity index (χ4n) is 1.53. The van der Waals surface area contributed by atoms with Gasteiger partial charge in [-0.3, -0.25) is 0 Å². The predicted molar refractivity (Wildman–Crippen MR) is 72.0 cm³/mol. The van der Waals surface area contributed by atoms with Gasteiger partial charge in [-0.2, -0.15) is 0 Å². The molecule has 1 unspecified atom stereocenters. The van der Waals surface area contributed by atoms with Crippen LogP contribution in [0.4, 0.5) is 13.2 Å². The van der Waals surface area contributed by atoms with Gasteiger partial charge in [0, 0.05) is 12.1 Å². The monoisotopic (exact) mass is 326 g/mol. The van der Waals surface area contributed by atoms with Crippen molar-refractivity contribution < 1.29 is 21.6 Å². The lowest BCUT2D eigenvalue weighted by atomic mass is 10.1. The second-order valence-corrected chi connectivity index (χ2v) is 6.57. The number of hydrogen-bond donors (Lipinski definition) is 2. The number of rotatable bonds is 5. The summed E-state index contributed by atoms with van der Waals surface area (Å²) in [6.45, 7) is 3.26. The van der Waals surface area contributed by atoms with Crippen molar-refractivity contribution in [3.63, 3.8) is 0 Å². The molecule has 3 N–H and O–H groups in total. The number of benzene rings is 1. The van der Waals surface area contributed by atoms with E-state index in [1.807, 2.05) is 4.72 Å². The smallest absolute Gasteiger partial charge is 0.247 e. The molecule has 0 amide bonds. The highest BCUT2D eigenvalue weighted by atomic mass is 32.2. The number of sulfonamides is 1. The highest BCUT2D eigenvalue weighted by Crippen LogP contribution is 2.21. The molecule has 0 aromatic heterocycles. The molecule has 4 nitrogen and oxygen atoms in total. The van der Waals surface area contributed by atoms with Crippen LogP contribution in [0.5, 0.6) is 0 Å². The molecule has 0 saturated heterocycles. The minimum atomic E-state index is -4.56. The van der Waals surface area contributed by atoms with Crippen molar-refractivity contribution in [3.05, 3.63) is 29.6 Å². The lowest BCUT2D eigenvalue weighted by Gasteiger charge is -2.21. The molecule has 0 aliphatic rings. The summed E-state index contributed by atoms with van der Waals surface area (Å²) in [7, 11) is -4.56. The van der Waals surface area contributed by atoms with E-state index in [9.17, 15) is 21.6 Å². The van der Waals surface area contributed by atoms with Gasteiger partial charge in [-0.25, -0.2) is 26.3 Å². The summed E-state index contributed by atoms with van der Waals surface area (Å²) in [4.78, 5) is -1.42. The van der Waals surface area contributed by atoms with E-state index in [1.54, 1.807) is 13.8 Å². The van der Waals surface area contributed by atoms with E-state index in [2.05, 4.69) is 0 Å². The van der Waals surface area contributed by atoms with Crippen LogP contribution in [0.1, 0.15) is 13.8 Å². The Labute approximate surface area is 120 Å². The second-order valence-electron chi connectivity index (χ2n) is 4.44. The van der Waals surface area contributed by atoms with Crippen molar-refractivity contribution in [2.45, 2.75) is 24.8 Å². The van der Waals surface area contributed by atoms with E-state index < -0.39 is 38.4 Å². The molecule has 1 rings (SSSR count). The molecule has 0 fully saturated rings. The normalized spacial score (nSPS) is 13.5. The summed E-state index contributed by atoms with van der Waals surface area (Å²) >= 11 is 4.70. The van der Waals surface area contributed by atoms with Crippen molar-refractivity contribution in [3.8, 4) is 0 Å². The van der Waals surface area contributed by atoms with E-state index in [1.165, 1.54) is 0 Å². The third kappa shape index (κ3) is 3.68. The van der Waals surface area contributed by atoms with Gasteiger partial charge in [0.2, 0.25) is 10.0 Å². The van der Waals surface area contributed by atoms with Crippen molar-refractivity contribution in [2.75, 3.05) is 0 Å². The Morgan fingerprint density at radius 2 is 1.70 bits per heavy atom. The molecular formula is C11H13F3N2O2S2. The molecule has 0 radical (unpaired) electrons. The maximum atomic E-state index is 13.5. The van der Waals surface area contributed by atoms with Gasteiger partial charge >= 0.3 is 0 Å². The SMILES string of the molecule is CC(C)C(NS(=O)(=O)c1c(F)cc(F)cc1F)C(N)=S. The highest BCUT2D eigenvalue weighted by molar-refractivity contribution is 7.89. The number of thiocarbonyl (C=S) groups is 1. The van der Waals surface area contributed by atoms with Crippen LogP contribution >= 0.6 is 12.2 Å². The van der Waals surface area contributed by atoms with Crippen LogP contribution in [0.2, 0.25) is 0 Å². The Kier molecular flexibility index (Phi) is 5.11. The third-order valence-electron chi connectivity index (χ3n) is 2.49. The van der Waals surface area contributed by atoms with Crippen LogP contribution in [0.25, 0.3) is 0 Å². The van der Waals surface area contributed by atoms with Gasteiger partial charge in [0.15, 0.2) is 4.90 Å². The molecular weight excluding hydrogens is 313 g/mol. The second kappa shape index (κ2) is 6.06. The van der Waals surface area contributed by atoms with Crippen LogP contribution in [0.15, 0.2) is 17.0 Å². The number of hydrogen-bond acceptors (Lipinski definition) is 3. The zero-order valence-electron chi connectivity index (χ0n) is 10.7. The van der Waals surface area contributed by atoms with Crippen LogP contribution in [-0.2, 0) is 10.0 Å². The first kappa shape index (κ1) is 16.9. The summed E-state index contributed by atoms with van der Waals surface area (Å²) in [5.41, 5.74) is 5.38. The number of halogens is 3. The van der Waals surface area contributed by atoms with Gasteiger partial charge in [0.25, 0.3) is 0 Å². The molecule has 1 aromatic rings. The fourth-order valence-corrected chi connectivity index (χ4v) is 3.42. The van der Waals surface area contributed by atoms with E-state index in [4.69, 9.17) is 18.0 Å². The standard InChI is InChI=1S/C11H13F3N2O2S2/c1-5(2)9(11(15)19)16-20(17,18)10-7(13)3-6(12)4-8(10)14/h3-5,9,16H,1-2H3,(H2,15,19). The van der Waals surface area contributed by atoms with Crippen LogP contribution in [-0.4, -0.2) is 19.4 Å². The molecule has 0 bridgehead atoms. The Morgan fingerprint density at radius 3 is 2.05 bits per heavy atom. The molecule has 0 aliphatic heterocycles. The first-order valence-corrected chi connectivity index (χ1v) is 7.41. The Balaban J connectivity index is 3.28. The minimum absolute atomic E-state index is 0.161. The first-order chi connectivity index (χ1) is 9.06. The predicted octanol–water partition coefficient (Wildman–Crippen LogP) is 1.69. The van der Waals surface area contributed by atoms with Crippen LogP contribution < -0.4 is 10.5 Å². The van der Waals surface area contributed by atoms with Crippen molar-refractivity contribution in [1.29, 1.82) is 0 Å². The fraction of sp³-hybridized carbons (Fsp3) is 0.364. The third-order valence-corrected chi connectivity index (χ3v) is 4.23. The van der Waals surface area contributed by atoms with Gasteiger partial charge in [-0.15, -0.1) is 0 Å². The van der Waals surface area contributed by atoms with E-state index in [0.29, 0.717) is 0 Å². The van der Waals surface area contributed by atoms with Crippen molar-refractivity contribution in [1.82, 2.24) is 4.72 Å². The van der Waals surface area contributed by atoms with Crippen molar-refractivity contribution >= 4 is 27.2 Å². The topological polar surface area (TPSA) is 72.2 Å². The first-order valence-electron chi connectivity index (χ1n) is 5.52. The molecule has 112 valence electrons. The molecule has 9 heteroatoms. The maximum Gasteiger partial charge on any atom is 0.247 e. The van der Waals surface area contributed by atoms with Gasteiger partial charge in [-0.1, -0.05) is 26.1 Å². The van der Waals surface area contributed by atoms with Crippen molar-refractivity contribution in [2.24, 2.45) is 11.7 Å². The van der Waals surface area contributed by atoms with Crippen LogP contribution in [0.3, 0.4) is 0 Å². The van der Waals surface area contributed by atoms with E-state index in [-0.39, 0.29) is 23.0 Å². The average molecular weight is 326 g/mol. The average Bonchev–Trinajstić information content (AvgIpc) is 2.23. The summed E-state index contributed by atoms with van der Waals surface area (Å²) < 4.78 is 65.7. The summed E-state index contributed by atoms with van der Waals surface area (Å²) in [5.74, 6) is -4.59. The Hall–Kier alpha value is -1.19. The number of nitrogens with one attached hydrogen (secondary N) is 1. The molecule has 0 aliphatic carbocycles. The maximum absolute atomic E-state index is 13.5. The Bertz CT molecular complexity index is 610. The molecule has 20 heavy (non-hydrogen) atoms. The van der Waals surface area contributed by atoms with Gasteiger partial charge in [0.05, 0.1) is 11.0 Å². The molecule has 0 saturated carbocycles. The lowest BCUT2D eigenvalue weighted by molar-refractivity contribution is 0.484. The van der Waals surface area contributed by atoms with Crippen LogP contribution in [0, 0.1) is 23.4 Å². The quantitative estimate of drug-likeness (QED) is 0.808. The van der Waals surface area contributed by atoms with Gasteiger partial charge < -0.3 is 5.73 Å². The summed E-state index contributed by atoms with van der Waals surface area (Å²) in [6, 6.07) is -0.412. The molecule has 0 spiro atoms. The highest BCUT2D eigenvalue weighted by Gasteiger charge is 2.30. The summed E-state index contributed by atoms with van der Waals surface area (Å²) in [6.07, 6.45) is 0. The van der Waals surface area contributed by atoms with Gasteiger partial charge in [-0.05, 0) is 5.92 Å². The molecule has 0 heterocycles. The van der Waals surface area contributed by atoms with E-state index in [0.717, 1.165) is 0 Å². The molecule has 1 atom stereocenters. The van der Waals surface area contributed by atoms with Gasteiger partial charge in [0.1, 0.15) is 17.5 Å². The number of nitrogens with two attached hydrogens (primary N) is 1. The van der Waals surface area contributed by atoms with E-state index >= 15 is 0 Å². The zero-order valence-corrected chi connectivity index (χ0v) is 12.3. The largest absolute Gasteiger partial charge is 0.392 e. The lowest BCUT2D eigenvalue weighted by Crippen LogP contribution is -2.47. The molecule has 1 aromatic carbocycles. The minimum Gasteiger partial charge on any atom is -0.392 e. The zero-order chi connectivity index (χ0) is 15.7. The summed E-state index contributed by atoms with van der Waals surface area (Å²) in [5, 5.41) is 0. The Morgan fingerprint density at radius 1 is 1.25 bits per heavy atom.